The van der Waals surface area contributed by atoms with Crippen molar-refractivity contribution in [3.63, 3.8) is 0 Å². The molecule has 3 rings (SSSR count). The van der Waals surface area contributed by atoms with Gasteiger partial charge in [-0.25, -0.2) is 8.42 Å². The van der Waals surface area contributed by atoms with Crippen molar-refractivity contribution >= 4 is 15.6 Å². The summed E-state index contributed by atoms with van der Waals surface area (Å²) in [7, 11) is -3.29. The van der Waals surface area contributed by atoms with E-state index < -0.39 is 9.84 Å². The fourth-order valence-corrected chi connectivity index (χ4v) is 5.33. The second kappa shape index (κ2) is 5.73. The summed E-state index contributed by atoms with van der Waals surface area (Å²) in [4.78, 5) is 25.4. The number of carbonyl (C=O) groups excluding carboxylic acids is 1. The highest BCUT2D eigenvalue weighted by molar-refractivity contribution is 7.91. The van der Waals surface area contributed by atoms with Crippen molar-refractivity contribution in [2.45, 2.75) is 45.1 Å². The summed E-state index contributed by atoms with van der Waals surface area (Å²) in [5.41, 5.74) is 2.08. The molecule has 0 fully saturated rings. The Hall–Kier alpha value is -2.15. The number of hydrogen-bond acceptors (Lipinski definition) is 4. The third-order valence-electron chi connectivity index (χ3n) is 4.65. The fourth-order valence-electron chi connectivity index (χ4n) is 3.42. The molecule has 1 aliphatic rings. The van der Waals surface area contributed by atoms with Crippen LogP contribution < -0.4 is 5.56 Å². The number of fused-ring (bicyclic) bond motifs is 1. The van der Waals surface area contributed by atoms with Crippen LogP contribution >= 0.6 is 0 Å². The zero-order valence-corrected chi connectivity index (χ0v) is 14.8. The number of benzene rings is 1. The van der Waals surface area contributed by atoms with Gasteiger partial charge in [0, 0.05) is 18.3 Å². The van der Waals surface area contributed by atoms with E-state index in [0.717, 1.165) is 5.56 Å². The summed E-state index contributed by atoms with van der Waals surface area (Å²) in [5.74, 6) is -0.220. The molecular weight excluding hydrogens is 328 g/mol. The normalized spacial score (nSPS) is 16.0. The standard InChI is InChI=1S/C17H20N2O4S/c1-4-19-17(21)14(9-18-19)15(20)13-8-10(2)16-12(11(13)3)6-5-7-24(16,22)23/h8-9,18H,4-7H2,1-3H3. The summed E-state index contributed by atoms with van der Waals surface area (Å²) in [6.07, 6.45) is 2.61. The van der Waals surface area contributed by atoms with Gasteiger partial charge in [-0.2, -0.15) is 0 Å². The number of nitrogens with one attached hydrogen (secondary N) is 1. The van der Waals surface area contributed by atoms with Gasteiger partial charge in [0.15, 0.2) is 15.6 Å². The van der Waals surface area contributed by atoms with Crippen LogP contribution in [0.3, 0.4) is 0 Å². The zero-order valence-electron chi connectivity index (χ0n) is 14.0. The molecule has 1 N–H and O–H groups in total. The predicted octanol–water partition coefficient (Wildman–Crippen LogP) is 1.76. The molecule has 0 unspecified atom stereocenters. The van der Waals surface area contributed by atoms with Gasteiger partial charge in [-0.05, 0) is 56.4 Å². The lowest BCUT2D eigenvalue weighted by Gasteiger charge is -2.22. The molecule has 2 aromatic rings. The van der Waals surface area contributed by atoms with Gasteiger partial charge in [0.05, 0.1) is 10.6 Å². The Bertz CT molecular complexity index is 996. The molecule has 0 aliphatic carbocycles. The number of aromatic amines is 1. The maximum Gasteiger partial charge on any atom is 0.277 e. The molecule has 2 heterocycles. The summed E-state index contributed by atoms with van der Waals surface area (Å²) in [6.45, 7) is 5.73. The average Bonchev–Trinajstić information content (AvgIpc) is 2.90. The molecule has 1 aliphatic heterocycles. The van der Waals surface area contributed by atoms with Gasteiger partial charge in [-0.1, -0.05) is 0 Å². The van der Waals surface area contributed by atoms with E-state index in [1.54, 1.807) is 19.9 Å². The first-order chi connectivity index (χ1) is 11.3. The first-order valence-corrected chi connectivity index (χ1v) is 9.62. The molecule has 0 spiro atoms. The number of hydrogen-bond donors (Lipinski definition) is 1. The van der Waals surface area contributed by atoms with Gasteiger partial charge in [-0.15, -0.1) is 0 Å². The Morgan fingerprint density at radius 3 is 2.62 bits per heavy atom. The quantitative estimate of drug-likeness (QED) is 0.856. The van der Waals surface area contributed by atoms with Crippen molar-refractivity contribution in [1.29, 1.82) is 0 Å². The summed E-state index contributed by atoms with van der Waals surface area (Å²) < 4.78 is 26.1. The molecule has 128 valence electrons. The van der Waals surface area contributed by atoms with E-state index in [4.69, 9.17) is 0 Å². The molecule has 1 aromatic heterocycles. The van der Waals surface area contributed by atoms with Crippen LogP contribution in [0, 0.1) is 13.8 Å². The smallest absolute Gasteiger partial charge is 0.277 e. The minimum absolute atomic E-state index is 0.0815. The van der Waals surface area contributed by atoms with Crippen LogP contribution in [0.5, 0.6) is 0 Å². The van der Waals surface area contributed by atoms with E-state index in [-0.39, 0.29) is 22.7 Å². The summed E-state index contributed by atoms with van der Waals surface area (Å²) >= 11 is 0. The van der Waals surface area contributed by atoms with Crippen molar-refractivity contribution in [2.24, 2.45) is 0 Å². The lowest BCUT2D eigenvalue weighted by Crippen LogP contribution is -2.23. The molecule has 0 saturated heterocycles. The summed E-state index contributed by atoms with van der Waals surface area (Å²) in [6, 6.07) is 1.60. The highest BCUT2D eigenvalue weighted by atomic mass is 32.2. The van der Waals surface area contributed by atoms with Crippen LogP contribution in [-0.2, 0) is 22.8 Å². The fraction of sp³-hybridized carbons (Fsp3) is 0.412. The van der Waals surface area contributed by atoms with Crippen molar-refractivity contribution in [2.75, 3.05) is 5.75 Å². The average molecular weight is 348 g/mol. The molecule has 0 amide bonds. The van der Waals surface area contributed by atoms with Gasteiger partial charge >= 0.3 is 0 Å². The van der Waals surface area contributed by atoms with Gasteiger partial charge in [-0.3, -0.25) is 14.3 Å². The number of aromatic nitrogens is 2. The van der Waals surface area contributed by atoms with Crippen molar-refractivity contribution in [3.8, 4) is 0 Å². The molecule has 24 heavy (non-hydrogen) atoms. The Morgan fingerprint density at radius 2 is 2.00 bits per heavy atom. The maximum absolute atomic E-state index is 12.8. The van der Waals surface area contributed by atoms with Gasteiger partial charge < -0.3 is 5.10 Å². The van der Waals surface area contributed by atoms with E-state index in [1.165, 1.54) is 10.9 Å². The second-order valence-electron chi connectivity index (χ2n) is 6.16. The number of nitrogens with zero attached hydrogens (tertiary/aromatic N) is 1. The SMILES string of the molecule is CCn1[nH]cc(C(=O)c2cc(C)c3c(c2C)CCCS3(=O)=O)c1=O. The van der Waals surface area contributed by atoms with Crippen LogP contribution in [0.1, 0.15) is 46.0 Å². The third kappa shape index (κ3) is 2.43. The van der Waals surface area contributed by atoms with Crippen molar-refractivity contribution in [3.05, 3.63) is 50.4 Å². The number of ketones is 1. The Morgan fingerprint density at radius 1 is 1.29 bits per heavy atom. The topological polar surface area (TPSA) is 89.0 Å². The first kappa shape index (κ1) is 16.7. The van der Waals surface area contributed by atoms with Crippen LogP contribution in [0.2, 0.25) is 0 Å². The number of rotatable bonds is 3. The van der Waals surface area contributed by atoms with Gasteiger partial charge in [0.1, 0.15) is 5.56 Å². The Kier molecular flexibility index (Phi) is 3.99. The highest BCUT2D eigenvalue weighted by Gasteiger charge is 2.30. The third-order valence-corrected chi connectivity index (χ3v) is 6.66. The number of H-pyrrole nitrogens is 1. The lowest BCUT2D eigenvalue weighted by atomic mass is 9.92. The predicted molar refractivity (Wildman–Crippen MR) is 90.4 cm³/mol. The van der Waals surface area contributed by atoms with Gasteiger partial charge in [0.2, 0.25) is 0 Å². The number of sulfone groups is 1. The van der Waals surface area contributed by atoms with E-state index in [9.17, 15) is 18.0 Å². The number of aryl methyl sites for hydroxylation is 2. The molecule has 1 aromatic carbocycles. The number of carbonyl (C=O) groups is 1. The van der Waals surface area contributed by atoms with E-state index in [0.29, 0.717) is 41.0 Å². The van der Waals surface area contributed by atoms with E-state index in [2.05, 4.69) is 5.10 Å². The molecule has 0 radical (unpaired) electrons. The van der Waals surface area contributed by atoms with Crippen LogP contribution in [0.4, 0.5) is 0 Å². The minimum Gasteiger partial charge on any atom is -0.302 e. The monoisotopic (exact) mass is 348 g/mol. The summed E-state index contributed by atoms with van der Waals surface area (Å²) in [5, 5.41) is 2.77. The van der Waals surface area contributed by atoms with Gasteiger partial charge in [0.25, 0.3) is 5.56 Å². The largest absolute Gasteiger partial charge is 0.302 e. The molecule has 6 nitrogen and oxygen atoms in total. The molecular formula is C17H20N2O4S. The highest BCUT2D eigenvalue weighted by Crippen LogP contribution is 2.33. The Labute approximate surface area is 140 Å². The van der Waals surface area contributed by atoms with Crippen molar-refractivity contribution < 1.29 is 13.2 Å². The molecule has 7 heteroatoms. The van der Waals surface area contributed by atoms with Crippen LogP contribution in [0.25, 0.3) is 0 Å². The second-order valence-corrected chi connectivity index (χ2v) is 8.21. The van der Waals surface area contributed by atoms with E-state index >= 15 is 0 Å². The first-order valence-electron chi connectivity index (χ1n) is 7.96. The Balaban J connectivity index is 2.20. The molecule has 0 atom stereocenters. The lowest BCUT2D eigenvalue weighted by molar-refractivity contribution is 0.103. The van der Waals surface area contributed by atoms with Crippen LogP contribution in [-0.4, -0.2) is 29.7 Å². The molecule has 0 saturated carbocycles. The molecule has 0 bridgehead atoms. The van der Waals surface area contributed by atoms with Crippen LogP contribution in [0.15, 0.2) is 22.0 Å². The van der Waals surface area contributed by atoms with E-state index in [1.807, 2.05) is 6.92 Å². The van der Waals surface area contributed by atoms with Crippen molar-refractivity contribution in [1.82, 2.24) is 9.78 Å². The maximum atomic E-state index is 12.8. The minimum atomic E-state index is -3.29. The zero-order chi connectivity index (χ0) is 17.6.